The molecule has 1 fully saturated rings. The fraction of sp³-hybridized carbons (Fsp3) is 0.208. The Bertz CT molecular complexity index is 1480. The molecule has 1 amide bonds. The summed E-state index contributed by atoms with van der Waals surface area (Å²) in [6.45, 7) is 1.24. The molecule has 11 nitrogen and oxygen atoms in total. The van der Waals surface area contributed by atoms with Gasteiger partial charge in [0.15, 0.2) is 11.6 Å². The number of aromatic nitrogens is 4. The summed E-state index contributed by atoms with van der Waals surface area (Å²) < 4.78 is 6.61. The van der Waals surface area contributed by atoms with Crippen LogP contribution in [0.15, 0.2) is 59.2 Å². The molecule has 0 radical (unpaired) electrons. The lowest BCUT2D eigenvalue weighted by atomic mass is 10.0. The normalized spacial score (nSPS) is 13.4. The largest absolute Gasteiger partial charge is 0.505 e. The quantitative estimate of drug-likeness (QED) is 0.435. The van der Waals surface area contributed by atoms with Gasteiger partial charge in [-0.1, -0.05) is 6.07 Å². The van der Waals surface area contributed by atoms with Crippen molar-refractivity contribution in [1.82, 2.24) is 24.6 Å². The number of nitriles is 1. The number of benzene rings is 2. The molecule has 1 aliphatic heterocycles. The van der Waals surface area contributed by atoms with E-state index in [2.05, 4.69) is 25.3 Å². The molecule has 1 saturated heterocycles. The van der Waals surface area contributed by atoms with E-state index in [9.17, 15) is 15.2 Å². The average Bonchev–Trinajstić information content (AvgIpc) is 3.57. The van der Waals surface area contributed by atoms with Gasteiger partial charge in [-0.2, -0.15) is 15.0 Å². The van der Waals surface area contributed by atoms with Crippen LogP contribution in [-0.4, -0.2) is 55.9 Å². The molecule has 1 N–H and O–H groups in total. The molecule has 0 aliphatic carbocycles. The van der Waals surface area contributed by atoms with Crippen LogP contribution >= 0.6 is 0 Å². The summed E-state index contributed by atoms with van der Waals surface area (Å²) in [7, 11) is 1.54. The summed E-state index contributed by atoms with van der Waals surface area (Å²) in [5, 5.41) is 34.4. The number of carbonyl (C=O) groups excluding carboxylic acids is 1. The molecule has 0 unspecified atom stereocenters. The third kappa shape index (κ3) is 4.02. The lowest BCUT2D eigenvalue weighted by Gasteiger charge is -2.18. The molecule has 11 heteroatoms. The Kier molecular flexibility index (Phi) is 5.76. The highest BCUT2D eigenvalue weighted by Crippen LogP contribution is 2.40. The van der Waals surface area contributed by atoms with E-state index in [0.717, 1.165) is 12.8 Å². The summed E-state index contributed by atoms with van der Waals surface area (Å²) in [6.07, 6.45) is 6.23. The fourth-order valence-electron chi connectivity index (χ4n) is 4.01. The second kappa shape index (κ2) is 9.18. The monoisotopic (exact) mass is 468 g/mol. The van der Waals surface area contributed by atoms with Gasteiger partial charge < -0.3 is 14.7 Å². The number of ether oxygens (including phenoxy) is 1. The summed E-state index contributed by atoms with van der Waals surface area (Å²) in [4.78, 5) is 23.4. The zero-order chi connectivity index (χ0) is 24.4. The number of nitrogens with zero attached hydrogens (tertiary/aromatic N) is 8. The van der Waals surface area contributed by atoms with Gasteiger partial charge in [0.1, 0.15) is 23.1 Å². The van der Waals surface area contributed by atoms with Crippen molar-refractivity contribution in [2.24, 2.45) is 10.2 Å². The van der Waals surface area contributed by atoms with E-state index in [1.807, 2.05) is 6.07 Å². The van der Waals surface area contributed by atoms with Crippen LogP contribution in [0.1, 0.15) is 28.8 Å². The number of hydrogen-bond acceptors (Lipinski definition) is 9. The van der Waals surface area contributed by atoms with Crippen LogP contribution in [0.25, 0.3) is 16.7 Å². The van der Waals surface area contributed by atoms with Crippen LogP contribution in [0.5, 0.6) is 11.5 Å². The molecule has 4 aromatic rings. The first kappa shape index (κ1) is 22.0. The molecule has 3 heterocycles. The minimum absolute atomic E-state index is 0.0795. The molecule has 35 heavy (non-hydrogen) atoms. The molecule has 0 bridgehead atoms. The predicted molar refractivity (Wildman–Crippen MR) is 125 cm³/mol. The molecule has 2 aromatic heterocycles. The Morgan fingerprint density at radius 2 is 1.94 bits per heavy atom. The minimum Gasteiger partial charge on any atom is -0.505 e. The van der Waals surface area contributed by atoms with Crippen molar-refractivity contribution in [3.8, 4) is 23.5 Å². The predicted octanol–water partition coefficient (Wildman–Crippen LogP) is 4.05. The fourth-order valence-corrected chi connectivity index (χ4v) is 4.01. The smallest absolute Gasteiger partial charge is 0.258 e. The van der Waals surface area contributed by atoms with E-state index < -0.39 is 0 Å². The summed E-state index contributed by atoms with van der Waals surface area (Å²) in [5.74, 6) is 0.290. The van der Waals surface area contributed by atoms with Crippen LogP contribution < -0.4 is 4.74 Å². The average molecular weight is 468 g/mol. The summed E-state index contributed by atoms with van der Waals surface area (Å²) >= 11 is 0. The van der Waals surface area contributed by atoms with Crippen molar-refractivity contribution in [1.29, 1.82) is 5.26 Å². The maximum atomic E-state index is 13.4. The highest BCUT2D eigenvalue weighted by atomic mass is 16.5. The van der Waals surface area contributed by atoms with Crippen LogP contribution in [0, 0.1) is 11.3 Å². The molecular weight excluding hydrogens is 448 g/mol. The summed E-state index contributed by atoms with van der Waals surface area (Å²) in [6, 6.07) is 10.6. The van der Waals surface area contributed by atoms with E-state index in [0.29, 0.717) is 29.6 Å². The van der Waals surface area contributed by atoms with E-state index in [-0.39, 0.29) is 40.2 Å². The van der Waals surface area contributed by atoms with Crippen molar-refractivity contribution >= 4 is 28.2 Å². The van der Waals surface area contributed by atoms with Gasteiger partial charge in [0.25, 0.3) is 11.9 Å². The van der Waals surface area contributed by atoms with Crippen molar-refractivity contribution in [2.45, 2.75) is 12.8 Å². The number of fused-ring (bicyclic) bond motifs is 1. The Labute approximate surface area is 199 Å². The zero-order valence-corrected chi connectivity index (χ0v) is 18.8. The SMILES string of the molecule is COc1ccc2cc(N=Nc3c(C#N)cnn3-c3ncccn3)c(O)c(C(=O)N3CCCC3)c2c1. The van der Waals surface area contributed by atoms with E-state index >= 15 is 0 Å². The number of phenolic OH excluding ortho intramolecular Hbond substituents is 1. The van der Waals surface area contributed by atoms with Gasteiger partial charge in [0.05, 0.1) is 18.9 Å². The van der Waals surface area contributed by atoms with Crippen molar-refractivity contribution < 1.29 is 14.6 Å². The maximum absolute atomic E-state index is 13.4. The molecule has 0 spiro atoms. The molecule has 0 atom stereocenters. The van der Waals surface area contributed by atoms with Gasteiger partial charge >= 0.3 is 0 Å². The number of amides is 1. The van der Waals surface area contributed by atoms with E-state index in [1.54, 1.807) is 35.2 Å². The number of rotatable bonds is 5. The number of phenols is 1. The topological polar surface area (TPSA) is 142 Å². The van der Waals surface area contributed by atoms with Crippen LogP contribution in [0.3, 0.4) is 0 Å². The molecule has 0 saturated carbocycles. The second-order valence-electron chi connectivity index (χ2n) is 7.86. The van der Waals surface area contributed by atoms with Gasteiger partial charge in [-0.05, 0) is 42.5 Å². The molecule has 2 aromatic carbocycles. The van der Waals surface area contributed by atoms with E-state index in [4.69, 9.17) is 4.74 Å². The molecule has 5 rings (SSSR count). The third-order valence-corrected chi connectivity index (χ3v) is 5.77. The van der Waals surface area contributed by atoms with Crippen LogP contribution in [-0.2, 0) is 0 Å². The van der Waals surface area contributed by atoms with Gasteiger partial charge in [0.2, 0.25) is 0 Å². The number of methoxy groups -OCH3 is 1. The number of likely N-dealkylation sites (tertiary alicyclic amines) is 1. The van der Waals surface area contributed by atoms with Crippen molar-refractivity contribution in [3.05, 3.63) is 60.0 Å². The van der Waals surface area contributed by atoms with Gasteiger partial charge in [-0.25, -0.2) is 9.97 Å². The van der Waals surface area contributed by atoms with Crippen molar-refractivity contribution in [2.75, 3.05) is 20.2 Å². The number of aromatic hydroxyl groups is 1. The lowest BCUT2D eigenvalue weighted by Crippen LogP contribution is -2.27. The number of azo groups is 1. The Hall–Kier alpha value is -4.85. The lowest BCUT2D eigenvalue weighted by molar-refractivity contribution is 0.0792. The van der Waals surface area contributed by atoms with Crippen molar-refractivity contribution in [3.63, 3.8) is 0 Å². The standard InChI is InChI=1S/C24H20N8O3/c1-35-17-6-5-15-11-19(21(33)20(18(15)12-17)23(34)31-9-2-3-10-31)29-30-22-16(13-25)14-28-32(22)24-26-7-4-8-27-24/h4-8,11-12,14,33H,2-3,9-10H2,1H3. The first-order valence-electron chi connectivity index (χ1n) is 10.9. The highest BCUT2D eigenvalue weighted by molar-refractivity contribution is 6.11. The first-order valence-corrected chi connectivity index (χ1v) is 10.9. The Morgan fingerprint density at radius 1 is 1.17 bits per heavy atom. The molecule has 1 aliphatic rings. The van der Waals surface area contributed by atoms with Crippen LogP contribution in [0.4, 0.5) is 11.5 Å². The van der Waals surface area contributed by atoms with Gasteiger partial charge in [0, 0.05) is 30.9 Å². The zero-order valence-electron chi connectivity index (χ0n) is 18.8. The number of carbonyl (C=O) groups is 1. The van der Waals surface area contributed by atoms with Gasteiger partial charge in [-0.15, -0.1) is 10.2 Å². The molecule has 174 valence electrons. The minimum atomic E-state index is -0.299. The number of hydrogen-bond donors (Lipinski definition) is 1. The van der Waals surface area contributed by atoms with Gasteiger partial charge in [-0.3, -0.25) is 4.79 Å². The Morgan fingerprint density at radius 3 is 2.66 bits per heavy atom. The maximum Gasteiger partial charge on any atom is 0.258 e. The second-order valence-corrected chi connectivity index (χ2v) is 7.86. The van der Waals surface area contributed by atoms with Crippen LogP contribution in [0.2, 0.25) is 0 Å². The first-order chi connectivity index (χ1) is 17.1. The Balaban J connectivity index is 1.65. The van der Waals surface area contributed by atoms with E-state index in [1.165, 1.54) is 30.4 Å². The molecular formula is C24H20N8O3. The summed E-state index contributed by atoms with van der Waals surface area (Å²) in [5.41, 5.74) is 0.369. The highest BCUT2D eigenvalue weighted by Gasteiger charge is 2.26. The third-order valence-electron chi connectivity index (χ3n) is 5.77.